The summed E-state index contributed by atoms with van der Waals surface area (Å²) in [6, 6.07) is 10.7. The van der Waals surface area contributed by atoms with Crippen molar-refractivity contribution in [2.24, 2.45) is 5.92 Å². The number of esters is 1. The maximum atomic E-state index is 12.7. The number of ether oxygens (including phenoxy) is 2. The summed E-state index contributed by atoms with van der Waals surface area (Å²) in [5.41, 5.74) is 1.36. The summed E-state index contributed by atoms with van der Waals surface area (Å²) >= 11 is 0. The van der Waals surface area contributed by atoms with Gasteiger partial charge >= 0.3 is 12.1 Å². The Morgan fingerprint density at radius 2 is 1.72 bits per heavy atom. The smallest absolute Gasteiger partial charge is 0.411 e. The van der Waals surface area contributed by atoms with E-state index >= 15 is 0 Å². The van der Waals surface area contributed by atoms with Gasteiger partial charge in [-0.3, -0.25) is 19.5 Å². The SMILES string of the molecule is COC(=O)CN1CCN(C2OC(=O)N(CC3CCN(Cc4ccccc4)CC3)C2C)CC1. The molecule has 0 N–H and O–H groups in total. The minimum absolute atomic E-state index is 0.0389. The summed E-state index contributed by atoms with van der Waals surface area (Å²) in [4.78, 5) is 32.9. The third-order valence-electron chi connectivity index (χ3n) is 7.12. The molecule has 0 saturated carbocycles. The Labute approximate surface area is 191 Å². The number of cyclic esters (lactones) is 1. The van der Waals surface area contributed by atoms with E-state index in [1.54, 1.807) is 0 Å². The van der Waals surface area contributed by atoms with E-state index in [0.717, 1.165) is 65.2 Å². The number of piperazine rings is 1. The summed E-state index contributed by atoms with van der Waals surface area (Å²) in [5, 5.41) is 0. The maximum absolute atomic E-state index is 12.7. The zero-order valence-electron chi connectivity index (χ0n) is 19.3. The van der Waals surface area contributed by atoms with Gasteiger partial charge in [0.2, 0.25) is 0 Å². The lowest BCUT2D eigenvalue weighted by molar-refractivity contribution is -0.142. The molecule has 3 heterocycles. The molecule has 2 unspecified atom stereocenters. The van der Waals surface area contributed by atoms with Gasteiger partial charge in [-0.25, -0.2) is 4.79 Å². The number of benzene rings is 1. The maximum Gasteiger partial charge on any atom is 0.411 e. The van der Waals surface area contributed by atoms with E-state index in [4.69, 9.17) is 9.47 Å². The normalized spacial score (nSPS) is 26.3. The highest BCUT2D eigenvalue weighted by molar-refractivity contribution is 5.71. The van der Waals surface area contributed by atoms with Crippen LogP contribution in [0.2, 0.25) is 0 Å². The lowest BCUT2D eigenvalue weighted by Gasteiger charge is -2.38. The topological polar surface area (TPSA) is 65.6 Å². The standard InChI is InChI=1S/C24H36N4O4/c1-19-23(27-14-12-26(13-15-27)18-22(29)31-2)32-24(30)28(19)17-21-8-10-25(11-9-21)16-20-6-4-3-5-7-20/h3-7,19,21,23H,8-18H2,1-2H3. The van der Waals surface area contributed by atoms with Gasteiger partial charge in [-0.2, -0.15) is 0 Å². The van der Waals surface area contributed by atoms with Crippen molar-refractivity contribution in [1.82, 2.24) is 19.6 Å². The average Bonchev–Trinajstić information content (AvgIpc) is 3.09. The van der Waals surface area contributed by atoms with Crippen LogP contribution in [-0.4, -0.2) is 103 Å². The molecule has 3 saturated heterocycles. The van der Waals surface area contributed by atoms with Crippen LogP contribution < -0.4 is 0 Å². The quantitative estimate of drug-likeness (QED) is 0.595. The van der Waals surface area contributed by atoms with Crippen LogP contribution in [0, 0.1) is 5.92 Å². The van der Waals surface area contributed by atoms with E-state index in [0.29, 0.717) is 12.5 Å². The molecule has 4 rings (SSSR count). The van der Waals surface area contributed by atoms with Crippen molar-refractivity contribution in [2.75, 3.05) is 59.5 Å². The lowest BCUT2D eigenvalue weighted by Crippen LogP contribution is -2.54. The van der Waals surface area contributed by atoms with Gasteiger partial charge in [0.15, 0.2) is 6.23 Å². The van der Waals surface area contributed by atoms with Crippen LogP contribution >= 0.6 is 0 Å². The minimum Gasteiger partial charge on any atom is -0.468 e. The van der Waals surface area contributed by atoms with Crippen LogP contribution in [0.3, 0.4) is 0 Å². The van der Waals surface area contributed by atoms with Crippen molar-refractivity contribution in [3.05, 3.63) is 35.9 Å². The number of carbonyl (C=O) groups excluding carboxylic acids is 2. The molecule has 3 fully saturated rings. The second-order valence-electron chi connectivity index (χ2n) is 9.26. The number of carbonyl (C=O) groups is 2. The van der Waals surface area contributed by atoms with Gasteiger partial charge in [0.25, 0.3) is 0 Å². The number of likely N-dealkylation sites (tertiary alicyclic amines) is 1. The molecule has 176 valence electrons. The number of methoxy groups -OCH3 is 1. The predicted molar refractivity (Wildman–Crippen MR) is 121 cm³/mol. The molecule has 8 heteroatoms. The molecule has 0 aliphatic carbocycles. The first-order chi connectivity index (χ1) is 15.5. The molecule has 0 aromatic heterocycles. The Morgan fingerprint density at radius 1 is 1.03 bits per heavy atom. The lowest BCUT2D eigenvalue weighted by atomic mass is 9.95. The Kier molecular flexibility index (Phi) is 7.65. The molecule has 1 aromatic carbocycles. The van der Waals surface area contributed by atoms with E-state index in [2.05, 4.69) is 52.0 Å². The first-order valence-electron chi connectivity index (χ1n) is 11.8. The molecule has 32 heavy (non-hydrogen) atoms. The fraction of sp³-hybridized carbons (Fsp3) is 0.667. The van der Waals surface area contributed by atoms with Crippen LogP contribution in [0.4, 0.5) is 4.79 Å². The number of hydrogen-bond donors (Lipinski definition) is 0. The van der Waals surface area contributed by atoms with Crippen molar-refractivity contribution in [3.63, 3.8) is 0 Å². The first kappa shape index (κ1) is 23.0. The van der Waals surface area contributed by atoms with Crippen LogP contribution in [0.25, 0.3) is 0 Å². The molecule has 0 radical (unpaired) electrons. The molecule has 1 aromatic rings. The zero-order valence-corrected chi connectivity index (χ0v) is 19.3. The van der Waals surface area contributed by atoms with E-state index < -0.39 is 0 Å². The number of amides is 1. The summed E-state index contributed by atoms with van der Waals surface area (Å²) < 4.78 is 10.6. The number of hydrogen-bond acceptors (Lipinski definition) is 7. The Hall–Kier alpha value is -2.16. The zero-order chi connectivity index (χ0) is 22.5. The Balaban J connectivity index is 1.22. The highest BCUT2D eigenvalue weighted by Gasteiger charge is 2.43. The number of nitrogens with zero attached hydrogens (tertiary/aromatic N) is 4. The predicted octanol–water partition coefficient (Wildman–Crippen LogP) is 1.86. The van der Waals surface area contributed by atoms with Crippen molar-refractivity contribution in [1.29, 1.82) is 0 Å². The van der Waals surface area contributed by atoms with Crippen molar-refractivity contribution >= 4 is 12.1 Å². The highest BCUT2D eigenvalue weighted by Crippen LogP contribution is 2.27. The summed E-state index contributed by atoms with van der Waals surface area (Å²) in [6.07, 6.45) is 1.83. The molecule has 3 aliphatic rings. The average molecular weight is 445 g/mol. The van der Waals surface area contributed by atoms with Crippen molar-refractivity contribution in [3.8, 4) is 0 Å². The molecule has 0 spiro atoms. The van der Waals surface area contributed by atoms with Gasteiger partial charge in [-0.15, -0.1) is 0 Å². The van der Waals surface area contributed by atoms with Crippen molar-refractivity contribution < 1.29 is 19.1 Å². The second kappa shape index (κ2) is 10.6. The number of rotatable bonds is 7. The molecule has 0 bridgehead atoms. The molecular weight excluding hydrogens is 408 g/mol. The Bertz CT molecular complexity index is 761. The molecule has 8 nitrogen and oxygen atoms in total. The molecule has 1 amide bonds. The van der Waals surface area contributed by atoms with E-state index in [1.807, 2.05) is 4.90 Å². The van der Waals surface area contributed by atoms with Gasteiger partial charge in [0.05, 0.1) is 19.7 Å². The summed E-state index contributed by atoms with van der Waals surface area (Å²) in [7, 11) is 1.42. The van der Waals surface area contributed by atoms with Gasteiger partial charge in [-0.05, 0) is 44.3 Å². The van der Waals surface area contributed by atoms with Crippen LogP contribution in [-0.2, 0) is 20.8 Å². The largest absolute Gasteiger partial charge is 0.468 e. The highest BCUT2D eigenvalue weighted by atomic mass is 16.6. The van der Waals surface area contributed by atoms with Crippen LogP contribution in [0.1, 0.15) is 25.3 Å². The monoisotopic (exact) mass is 444 g/mol. The van der Waals surface area contributed by atoms with Gasteiger partial charge in [0, 0.05) is 39.3 Å². The summed E-state index contributed by atoms with van der Waals surface area (Å²) in [5.74, 6) is 0.313. The van der Waals surface area contributed by atoms with E-state index in [-0.39, 0.29) is 24.3 Å². The first-order valence-corrected chi connectivity index (χ1v) is 11.8. The molecule has 3 aliphatic heterocycles. The van der Waals surface area contributed by atoms with Gasteiger partial charge in [-0.1, -0.05) is 30.3 Å². The third-order valence-corrected chi connectivity index (χ3v) is 7.12. The minimum atomic E-state index is -0.208. The van der Waals surface area contributed by atoms with Crippen LogP contribution in [0.15, 0.2) is 30.3 Å². The Morgan fingerprint density at radius 3 is 2.38 bits per heavy atom. The molecular formula is C24H36N4O4. The van der Waals surface area contributed by atoms with E-state index in [1.165, 1.54) is 12.7 Å². The molecule has 2 atom stereocenters. The van der Waals surface area contributed by atoms with Crippen molar-refractivity contribution in [2.45, 2.75) is 38.6 Å². The fourth-order valence-electron chi connectivity index (χ4n) is 5.08. The summed E-state index contributed by atoms with van der Waals surface area (Å²) in [6.45, 7) is 9.45. The third kappa shape index (κ3) is 5.60. The van der Waals surface area contributed by atoms with Crippen LogP contribution in [0.5, 0.6) is 0 Å². The number of piperidine rings is 1. The van der Waals surface area contributed by atoms with Gasteiger partial charge in [0.1, 0.15) is 0 Å². The second-order valence-corrected chi connectivity index (χ2v) is 9.26. The fourth-order valence-corrected chi connectivity index (χ4v) is 5.08. The van der Waals surface area contributed by atoms with E-state index in [9.17, 15) is 9.59 Å². The van der Waals surface area contributed by atoms with Gasteiger partial charge < -0.3 is 14.4 Å².